The molecule has 2 aromatic heterocycles. The molecule has 0 radical (unpaired) electrons. The van der Waals surface area contributed by atoms with E-state index < -0.39 is 0 Å². The fraction of sp³-hybridized carbons (Fsp3) is 0.500. The zero-order chi connectivity index (χ0) is 12.3. The van der Waals surface area contributed by atoms with Crippen molar-refractivity contribution < 1.29 is 0 Å². The molecule has 0 aromatic carbocycles. The van der Waals surface area contributed by atoms with Crippen LogP contribution >= 0.6 is 11.8 Å². The Bertz CT molecular complexity index is 494. The second kappa shape index (κ2) is 5.40. The van der Waals surface area contributed by atoms with Crippen LogP contribution in [0, 0.1) is 6.92 Å². The molecule has 1 unspecified atom stereocenters. The zero-order valence-corrected chi connectivity index (χ0v) is 11.3. The van der Waals surface area contributed by atoms with Gasteiger partial charge in [0, 0.05) is 6.04 Å². The number of hydrogen-bond donors (Lipinski definition) is 1. The number of aryl methyl sites for hydroxylation is 1. The smallest absolute Gasteiger partial charge is 0.157 e. The Hall–Kier alpha value is -1.23. The number of anilines is 1. The van der Waals surface area contributed by atoms with Crippen LogP contribution < -0.4 is 5.32 Å². The maximum Gasteiger partial charge on any atom is 0.157 e. The molecule has 4 nitrogen and oxygen atoms in total. The third kappa shape index (κ3) is 2.91. The van der Waals surface area contributed by atoms with Gasteiger partial charge in [0.15, 0.2) is 5.65 Å². The largest absolute Gasteiger partial charge is 0.367 e. The lowest BCUT2D eigenvalue weighted by Crippen LogP contribution is -2.18. The molecular weight excluding hydrogens is 232 g/mol. The van der Waals surface area contributed by atoms with Crippen LogP contribution in [0.2, 0.25) is 0 Å². The van der Waals surface area contributed by atoms with Crippen molar-refractivity contribution in [1.29, 1.82) is 0 Å². The van der Waals surface area contributed by atoms with Crippen molar-refractivity contribution in [3.05, 3.63) is 24.0 Å². The minimum Gasteiger partial charge on any atom is -0.367 e. The van der Waals surface area contributed by atoms with Crippen molar-refractivity contribution >= 4 is 23.2 Å². The van der Waals surface area contributed by atoms with Gasteiger partial charge in [-0.1, -0.05) is 0 Å². The molecular formula is C12H18N4S. The van der Waals surface area contributed by atoms with Crippen molar-refractivity contribution in [2.24, 2.45) is 0 Å². The van der Waals surface area contributed by atoms with Gasteiger partial charge in [0.2, 0.25) is 0 Å². The van der Waals surface area contributed by atoms with E-state index in [1.165, 1.54) is 11.3 Å². The van der Waals surface area contributed by atoms with E-state index in [0.29, 0.717) is 6.04 Å². The highest BCUT2D eigenvalue weighted by atomic mass is 32.2. The van der Waals surface area contributed by atoms with Gasteiger partial charge in [0.25, 0.3) is 0 Å². The number of rotatable bonds is 5. The highest BCUT2D eigenvalue weighted by Crippen LogP contribution is 2.15. The summed E-state index contributed by atoms with van der Waals surface area (Å²) in [6.07, 6.45) is 4.87. The summed E-state index contributed by atoms with van der Waals surface area (Å²) in [5, 5.41) is 7.72. The van der Waals surface area contributed by atoms with Crippen LogP contribution in [-0.4, -0.2) is 32.6 Å². The van der Waals surface area contributed by atoms with Crippen LogP contribution in [0.15, 0.2) is 18.5 Å². The molecule has 2 heterocycles. The number of nitrogens with zero attached hydrogens (tertiary/aromatic N) is 3. The van der Waals surface area contributed by atoms with E-state index in [1.807, 2.05) is 22.3 Å². The molecule has 5 heteroatoms. The minimum absolute atomic E-state index is 0.441. The number of aromatic nitrogens is 3. The SMILES string of the molecule is CSCCC(C)Nc1cc(C)cc2ncnn12. The van der Waals surface area contributed by atoms with Crippen LogP contribution in [0.4, 0.5) is 5.82 Å². The Kier molecular flexibility index (Phi) is 3.89. The monoisotopic (exact) mass is 250 g/mol. The summed E-state index contributed by atoms with van der Waals surface area (Å²) in [5.74, 6) is 2.19. The van der Waals surface area contributed by atoms with Crippen LogP contribution in [0.1, 0.15) is 18.9 Å². The van der Waals surface area contributed by atoms with E-state index in [0.717, 1.165) is 17.9 Å². The summed E-state index contributed by atoms with van der Waals surface area (Å²) in [6.45, 7) is 4.27. The molecule has 0 aliphatic rings. The molecule has 0 amide bonds. The standard InChI is InChI=1S/C12H18N4S/c1-9-6-11-13-8-14-16(11)12(7-9)15-10(2)4-5-17-3/h6-8,10,15H,4-5H2,1-3H3. The molecule has 0 fully saturated rings. The van der Waals surface area contributed by atoms with Crippen molar-refractivity contribution in [3.63, 3.8) is 0 Å². The van der Waals surface area contributed by atoms with Crippen molar-refractivity contribution in [2.45, 2.75) is 26.3 Å². The predicted molar refractivity (Wildman–Crippen MR) is 73.8 cm³/mol. The number of pyridine rings is 1. The lowest BCUT2D eigenvalue weighted by atomic mass is 10.2. The highest BCUT2D eigenvalue weighted by molar-refractivity contribution is 7.98. The highest BCUT2D eigenvalue weighted by Gasteiger charge is 2.07. The van der Waals surface area contributed by atoms with Gasteiger partial charge in [-0.15, -0.1) is 0 Å². The Morgan fingerprint density at radius 1 is 1.47 bits per heavy atom. The topological polar surface area (TPSA) is 42.2 Å². The van der Waals surface area contributed by atoms with Gasteiger partial charge < -0.3 is 5.32 Å². The Morgan fingerprint density at radius 2 is 2.29 bits per heavy atom. The number of hydrogen-bond acceptors (Lipinski definition) is 4. The first-order valence-corrected chi connectivity index (χ1v) is 7.16. The van der Waals surface area contributed by atoms with E-state index >= 15 is 0 Å². The summed E-state index contributed by atoms with van der Waals surface area (Å²) in [7, 11) is 0. The first-order valence-electron chi connectivity index (χ1n) is 5.76. The molecule has 0 aliphatic carbocycles. The van der Waals surface area contributed by atoms with Gasteiger partial charge in [-0.3, -0.25) is 0 Å². The number of nitrogens with one attached hydrogen (secondary N) is 1. The molecule has 2 rings (SSSR count). The number of thioether (sulfide) groups is 1. The van der Waals surface area contributed by atoms with Gasteiger partial charge >= 0.3 is 0 Å². The Labute approximate surface area is 106 Å². The van der Waals surface area contributed by atoms with E-state index in [4.69, 9.17) is 0 Å². The van der Waals surface area contributed by atoms with Gasteiger partial charge in [-0.25, -0.2) is 4.98 Å². The summed E-state index contributed by atoms with van der Waals surface area (Å²) in [4.78, 5) is 4.22. The first-order chi connectivity index (χ1) is 8.20. The summed E-state index contributed by atoms with van der Waals surface area (Å²) in [6, 6.07) is 4.58. The third-order valence-electron chi connectivity index (χ3n) is 2.67. The summed E-state index contributed by atoms with van der Waals surface area (Å²) in [5.41, 5.74) is 2.09. The van der Waals surface area contributed by atoms with Crippen LogP contribution in [0.3, 0.4) is 0 Å². The molecule has 0 spiro atoms. The molecule has 2 aromatic rings. The summed E-state index contributed by atoms with van der Waals surface area (Å²) < 4.78 is 1.85. The first kappa shape index (κ1) is 12.2. The maximum absolute atomic E-state index is 4.23. The van der Waals surface area contributed by atoms with Crippen LogP contribution in [0.25, 0.3) is 5.65 Å². The Balaban J connectivity index is 2.19. The molecule has 0 saturated heterocycles. The average molecular weight is 250 g/mol. The molecule has 0 bridgehead atoms. The van der Waals surface area contributed by atoms with E-state index in [9.17, 15) is 0 Å². The van der Waals surface area contributed by atoms with Crippen molar-refractivity contribution in [2.75, 3.05) is 17.3 Å². The molecule has 0 aliphatic heterocycles. The van der Waals surface area contributed by atoms with E-state index in [-0.39, 0.29) is 0 Å². The average Bonchev–Trinajstić information content (AvgIpc) is 2.74. The zero-order valence-electron chi connectivity index (χ0n) is 10.5. The fourth-order valence-corrected chi connectivity index (χ4v) is 2.37. The lowest BCUT2D eigenvalue weighted by Gasteiger charge is -2.15. The molecule has 92 valence electrons. The minimum atomic E-state index is 0.441. The quantitative estimate of drug-likeness (QED) is 0.885. The normalized spacial score (nSPS) is 12.9. The van der Waals surface area contributed by atoms with E-state index in [2.05, 4.69) is 41.6 Å². The predicted octanol–water partition coefficient (Wildman–Crippen LogP) is 2.59. The molecule has 0 saturated carbocycles. The second-order valence-electron chi connectivity index (χ2n) is 4.27. The van der Waals surface area contributed by atoms with Crippen molar-refractivity contribution in [1.82, 2.24) is 14.6 Å². The maximum atomic E-state index is 4.23. The molecule has 17 heavy (non-hydrogen) atoms. The van der Waals surface area contributed by atoms with Crippen LogP contribution in [-0.2, 0) is 0 Å². The van der Waals surface area contributed by atoms with Gasteiger partial charge in [0.05, 0.1) is 0 Å². The van der Waals surface area contributed by atoms with Crippen molar-refractivity contribution in [3.8, 4) is 0 Å². The van der Waals surface area contributed by atoms with Gasteiger partial charge in [-0.2, -0.15) is 21.4 Å². The van der Waals surface area contributed by atoms with Crippen LogP contribution in [0.5, 0.6) is 0 Å². The summed E-state index contributed by atoms with van der Waals surface area (Å²) >= 11 is 1.87. The second-order valence-corrected chi connectivity index (χ2v) is 5.26. The van der Waals surface area contributed by atoms with Gasteiger partial charge in [0.1, 0.15) is 12.1 Å². The number of fused-ring (bicyclic) bond motifs is 1. The Morgan fingerprint density at radius 3 is 3.06 bits per heavy atom. The third-order valence-corrected chi connectivity index (χ3v) is 3.32. The fourth-order valence-electron chi connectivity index (χ4n) is 1.78. The molecule has 1 atom stereocenters. The van der Waals surface area contributed by atoms with Gasteiger partial charge in [-0.05, 0) is 50.0 Å². The lowest BCUT2D eigenvalue weighted by molar-refractivity contribution is 0.757. The van der Waals surface area contributed by atoms with E-state index in [1.54, 1.807) is 6.33 Å². The molecule has 1 N–H and O–H groups in total.